The van der Waals surface area contributed by atoms with Gasteiger partial charge in [-0.15, -0.1) is 0 Å². The highest BCUT2D eigenvalue weighted by molar-refractivity contribution is 7.52. The fourth-order valence-electron chi connectivity index (χ4n) is 3.42. The minimum absolute atomic E-state index is 0.176. The standard InChI is InChI=1S/C23H30N3O9P/c1-14(2)33-23(30)15(3)25-36(31,35-17-9-5-4-6-10-17)32-13-18-19(27)20(28)22(34-18)26-11-7-8-16(12-26)21(24)29/h4-12,14-15,18-20,22,27-28H,13H2,1-3H3,(H2-,24,25,29,31)/p+1/t15-,18+,19+,20+,22-,36?/m0/s1. The summed E-state index contributed by atoms with van der Waals surface area (Å²) < 4.78 is 37.0. The number of carbonyl (C=O) groups is 2. The van der Waals surface area contributed by atoms with Gasteiger partial charge in [-0.3, -0.25) is 14.1 Å². The van der Waals surface area contributed by atoms with Crippen LogP contribution in [0, 0.1) is 0 Å². The molecule has 6 atom stereocenters. The van der Waals surface area contributed by atoms with Crippen LogP contribution < -0.4 is 19.9 Å². The van der Waals surface area contributed by atoms with Crippen molar-refractivity contribution in [2.24, 2.45) is 5.73 Å². The molecule has 0 radical (unpaired) electrons. The normalized spacial score (nSPS) is 24.2. The number of primary amides is 1. The average molecular weight is 524 g/mol. The van der Waals surface area contributed by atoms with E-state index < -0.39 is 56.8 Å². The molecule has 0 spiro atoms. The van der Waals surface area contributed by atoms with Gasteiger partial charge in [0.05, 0.1) is 12.7 Å². The minimum atomic E-state index is -4.20. The molecule has 1 aromatic heterocycles. The molecule has 0 bridgehead atoms. The number of nitrogens with zero attached hydrogens (tertiary/aromatic N) is 1. The fraction of sp³-hybridized carbons (Fsp3) is 0.435. The monoisotopic (exact) mass is 524 g/mol. The number of rotatable bonds is 11. The van der Waals surface area contributed by atoms with Crippen molar-refractivity contribution in [1.29, 1.82) is 0 Å². The zero-order valence-electron chi connectivity index (χ0n) is 20.1. The molecule has 1 aliphatic rings. The first-order valence-electron chi connectivity index (χ1n) is 11.3. The predicted octanol–water partition coefficient (Wildman–Crippen LogP) is 0.826. The van der Waals surface area contributed by atoms with Gasteiger partial charge in [-0.05, 0) is 39.0 Å². The third kappa shape index (κ3) is 7.10. The van der Waals surface area contributed by atoms with Crippen LogP contribution in [0.15, 0.2) is 54.9 Å². The summed E-state index contributed by atoms with van der Waals surface area (Å²) in [6.07, 6.45) is -2.50. The summed E-state index contributed by atoms with van der Waals surface area (Å²) in [5, 5.41) is 23.6. The van der Waals surface area contributed by atoms with Crippen LogP contribution in [0.2, 0.25) is 0 Å². The highest BCUT2D eigenvalue weighted by Gasteiger charge is 2.49. The molecule has 1 fully saturated rings. The lowest BCUT2D eigenvalue weighted by Crippen LogP contribution is -2.46. The Balaban J connectivity index is 1.74. The molecular weight excluding hydrogens is 493 g/mol. The number of pyridine rings is 1. The molecule has 1 aromatic carbocycles. The number of esters is 1. The molecule has 1 aliphatic heterocycles. The smallest absolute Gasteiger partial charge is 0.459 e. The van der Waals surface area contributed by atoms with Gasteiger partial charge >= 0.3 is 13.7 Å². The van der Waals surface area contributed by atoms with E-state index in [1.165, 1.54) is 36.0 Å². The molecule has 36 heavy (non-hydrogen) atoms. The van der Waals surface area contributed by atoms with E-state index >= 15 is 0 Å². The van der Waals surface area contributed by atoms with E-state index in [1.807, 2.05) is 0 Å². The van der Waals surface area contributed by atoms with E-state index in [2.05, 4.69) is 5.09 Å². The molecule has 1 amide bonds. The third-order valence-corrected chi connectivity index (χ3v) is 6.82. The lowest BCUT2D eigenvalue weighted by Gasteiger charge is -2.24. The van der Waals surface area contributed by atoms with Gasteiger partial charge in [0.1, 0.15) is 29.6 Å². The minimum Gasteiger partial charge on any atom is -0.462 e. The number of carbonyl (C=O) groups excluding carboxylic acids is 2. The number of aromatic nitrogens is 1. The second kappa shape index (κ2) is 11.9. The predicted molar refractivity (Wildman–Crippen MR) is 126 cm³/mol. The molecule has 2 aromatic rings. The molecule has 3 rings (SSSR count). The third-order valence-electron chi connectivity index (χ3n) is 5.17. The number of hydrogen-bond donors (Lipinski definition) is 4. The molecule has 1 unspecified atom stereocenters. The molecule has 196 valence electrons. The average Bonchev–Trinajstić information content (AvgIpc) is 3.11. The van der Waals surface area contributed by atoms with Crippen LogP contribution in [0.25, 0.3) is 0 Å². The van der Waals surface area contributed by atoms with Crippen molar-refractivity contribution in [3.8, 4) is 5.75 Å². The summed E-state index contributed by atoms with van der Waals surface area (Å²) in [4.78, 5) is 23.8. The zero-order chi connectivity index (χ0) is 26.5. The van der Waals surface area contributed by atoms with Crippen molar-refractivity contribution in [3.05, 3.63) is 60.4 Å². The second-order valence-corrected chi connectivity index (χ2v) is 10.2. The van der Waals surface area contributed by atoms with Crippen molar-refractivity contribution < 1.29 is 47.5 Å². The zero-order valence-corrected chi connectivity index (χ0v) is 21.0. The fourth-order valence-corrected chi connectivity index (χ4v) is 4.92. The Labute approximate surface area is 208 Å². The highest BCUT2D eigenvalue weighted by atomic mass is 31.2. The Morgan fingerprint density at radius 2 is 1.83 bits per heavy atom. The first-order valence-corrected chi connectivity index (χ1v) is 12.8. The van der Waals surface area contributed by atoms with E-state index in [4.69, 9.17) is 24.3 Å². The van der Waals surface area contributed by atoms with Gasteiger partial charge in [-0.1, -0.05) is 18.2 Å². The van der Waals surface area contributed by atoms with E-state index in [9.17, 15) is 24.4 Å². The summed E-state index contributed by atoms with van der Waals surface area (Å²) in [6.45, 7) is 4.34. The lowest BCUT2D eigenvalue weighted by atomic mass is 10.1. The molecular formula is C23H31N3O9P+. The van der Waals surface area contributed by atoms with E-state index in [-0.39, 0.29) is 17.4 Å². The van der Waals surface area contributed by atoms with Crippen LogP contribution in [0.4, 0.5) is 0 Å². The number of nitrogens with one attached hydrogen (secondary N) is 1. The maximum Gasteiger partial charge on any atom is 0.459 e. The number of para-hydroxylation sites is 1. The molecule has 0 saturated carbocycles. The summed E-state index contributed by atoms with van der Waals surface area (Å²) >= 11 is 0. The number of ether oxygens (including phenoxy) is 2. The number of hydrogen-bond acceptors (Lipinski definition) is 9. The maximum absolute atomic E-state index is 13.6. The Morgan fingerprint density at radius 3 is 2.47 bits per heavy atom. The summed E-state index contributed by atoms with van der Waals surface area (Å²) in [5.41, 5.74) is 5.48. The molecule has 5 N–H and O–H groups in total. The van der Waals surface area contributed by atoms with E-state index in [0.29, 0.717) is 0 Å². The maximum atomic E-state index is 13.6. The Morgan fingerprint density at radius 1 is 1.14 bits per heavy atom. The van der Waals surface area contributed by atoms with Gasteiger partial charge < -0.3 is 29.9 Å². The Bertz CT molecular complexity index is 1100. The van der Waals surface area contributed by atoms with Crippen molar-refractivity contribution in [1.82, 2.24) is 5.09 Å². The number of aliphatic hydroxyl groups excluding tert-OH is 2. The second-order valence-electron chi connectivity index (χ2n) is 8.48. The van der Waals surface area contributed by atoms with Gasteiger partial charge in [-0.25, -0.2) is 4.57 Å². The van der Waals surface area contributed by atoms with Crippen molar-refractivity contribution >= 4 is 19.6 Å². The first-order chi connectivity index (χ1) is 17.0. The van der Waals surface area contributed by atoms with Gasteiger partial charge in [0.15, 0.2) is 18.5 Å². The molecule has 13 heteroatoms. The van der Waals surface area contributed by atoms with Crippen LogP contribution in [0.1, 0.15) is 37.4 Å². The van der Waals surface area contributed by atoms with E-state index in [1.54, 1.807) is 44.2 Å². The van der Waals surface area contributed by atoms with Gasteiger partial charge in [0, 0.05) is 6.07 Å². The van der Waals surface area contributed by atoms with Crippen LogP contribution in [-0.4, -0.2) is 59.2 Å². The van der Waals surface area contributed by atoms with E-state index in [0.717, 1.165) is 0 Å². The van der Waals surface area contributed by atoms with Crippen molar-refractivity contribution in [3.63, 3.8) is 0 Å². The van der Waals surface area contributed by atoms with Crippen molar-refractivity contribution in [2.75, 3.05) is 6.61 Å². The topological polar surface area (TPSA) is 171 Å². The Hall–Kier alpha value is -2.86. The molecule has 1 saturated heterocycles. The number of nitrogens with two attached hydrogens (primary N) is 1. The van der Waals surface area contributed by atoms with Gasteiger partial charge in [-0.2, -0.15) is 9.65 Å². The lowest BCUT2D eigenvalue weighted by molar-refractivity contribution is -0.765. The van der Waals surface area contributed by atoms with Crippen molar-refractivity contribution in [2.45, 2.75) is 57.5 Å². The van der Waals surface area contributed by atoms with Crippen LogP contribution in [0.5, 0.6) is 5.75 Å². The summed E-state index contributed by atoms with van der Waals surface area (Å²) in [5.74, 6) is -1.13. The number of amides is 1. The molecule has 12 nitrogen and oxygen atoms in total. The largest absolute Gasteiger partial charge is 0.462 e. The quantitative estimate of drug-likeness (QED) is 0.187. The highest BCUT2D eigenvalue weighted by Crippen LogP contribution is 2.45. The van der Waals surface area contributed by atoms with Gasteiger partial charge in [0.2, 0.25) is 0 Å². The van der Waals surface area contributed by atoms with Crippen LogP contribution in [0.3, 0.4) is 0 Å². The van der Waals surface area contributed by atoms with Gasteiger partial charge in [0.25, 0.3) is 12.1 Å². The first kappa shape index (κ1) is 27.7. The van der Waals surface area contributed by atoms with Crippen LogP contribution >= 0.6 is 7.75 Å². The molecule has 2 heterocycles. The number of aliphatic hydroxyl groups is 2. The molecule has 0 aliphatic carbocycles. The Kier molecular flexibility index (Phi) is 9.18. The SMILES string of the molecule is CC(C)OC(=O)[C@H](C)NP(=O)(OC[C@H]1O[C@H]([n+]2cccc(C(N)=O)c2)[C@H](O)[C@@H]1O)Oc1ccccc1. The summed E-state index contributed by atoms with van der Waals surface area (Å²) in [6, 6.07) is 10.2. The summed E-state index contributed by atoms with van der Waals surface area (Å²) in [7, 11) is -4.20. The number of benzene rings is 1. The van der Waals surface area contributed by atoms with Crippen LogP contribution in [-0.2, 0) is 23.4 Å².